The molecule has 2 aromatic carbocycles. The van der Waals surface area contributed by atoms with Crippen molar-refractivity contribution in [1.82, 2.24) is 41.5 Å². The average molecular weight is 816 g/mol. The van der Waals surface area contributed by atoms with Crippen LogP contribution < -0.4 is 43.8 Å². The third-order valence-electron chi connectivity index (χ3n) is 9.86. The predicted octanol–water partition coefficient (Wildman–Crippen LogP) is 0.0327. The van der Waals surface area contributed by atoms with Gasteiger partial charge in [-0.05, 0) is 82.2 Å². The number of amides is 5. The third-order valence-corrected chi connectivity index (χ3v) is 9.86. The van der Waals surface area contributed by atoms with Gasteiger partial charge in [0.25, 0.3) is 0 Å². The van der Waals surface area contributed by atoms with Gasteiger partial charge >= 0.3 is 5.97 Å². The first kappa shape index (κ1) is 45.6. The van der Waals surface area contributed by atoms with Crippen LogP contribution in [0.1, 0.15) is 62.3 Å². The topological polar surface area (TPSA) is 305 Å². The van der Waals surface area contributed by atoms with E-state index in [0.29, 0.717) is 44.5 Å². The Morgan fingerprint density at radius 1 is 0.661 bits per heavy atom. The van der Waals surface area contributed by atoms with Crippen LogP contribution in [0.15, 0.2) is 73.3 Å². The number of nitrogens with two attached hydrogens (primary N) is 3. The molecule has 0 bridgehead atoms. The minimum absolute atomic E-state index is 0.0710. The molecule has 59 heavy (non-hydrogen) atoms. The average Bonchev–Trinajstić information content (AvgIpc) is 3.90. The summed E-state index contributed by atoms with van der Waals surface area (Å²) in [7, 11) is 0. The number of aliphatic carboxylic acids is 1. The summed E-state index contributed by atoms with van der Waals surface area (Å²) in [5.41, 5.74) is 20.4. The number of carboxylic acid groups (broad SMARTS) is 1. The quantitative estimate of drug-likeness (QED) is 0.0397. The Labute approximate surface area is 342 Å². The lowest BCUT2D eigenvalue weighted by Crippen LogP contribution is -2.59. The van der Waals surface area contributed by atoms with E-state index >= 15 is 0 Å². The largest absolute Gasteiger partial charge is 0.480 e. The first-order chi connectivity index (χ1) is 28.4. The van der Waals surface area contributed by atoms with Crippen LogP contribution in [0, 0.1) is 0 Å². The Morgan fingerprint density at radius 2 is 1.24 bits per heavy atom. The van der Waals surface area contributed by atoms with E-state index in [1.807, 2.05) is 54.6 Å². The number of para-hydroxylation sites is 1. The molecule has 6 atom stereocenters. The van der Waals surface area contributed by atoms with Crippen molar-refractivity contribution in [2.75, 3.05) is 13.1 Å². The standard InChI is InChI=1S/C41H57N11O7/c1-25(48-39(56)34(20-27-22-46-31-14-6-5-13-29(27)31)52-37(54)30(44)19-26-11-3-2-4-12-26)36(53)51-35(21-28-23-45-24-47-28)40(57)49-32(15-7-9-17-42)38(55)50-33(41(58)59)16-8-10-18-43/h2-6,11-14,22-25,30,32-35,46H,7-10,15-21,42-44H2,1H3,(H,45,47)(H,48,56)(H,49,57)(H,50,55)(H,51,53)(H,52,54)(H,58,59)/t25-,30-,32-,33-,34-,35-/m0/s1. The minimum atomic E-state index is -1.27. The first-order valence-corrected chi connectivity index (χ1v) is 19.9. The van der Waals surface area contributed by atoms with Crippen molar-refractivity contribution >= 4 is 46.4 Å². The molecule has 2 heterocycles. The fourth-order valence-electron chi connectivity index (χ4n) is 6.52. The highest BCUT2D eigenvalue weighted by atomic mass is 16.4. The number of unbranched alkanes of at least 4 members (excludes halogenated alkanes) is 2. The minimum Gasteiger partial charge on any atom is -0.480 e. The van der Waals surface area contributed by atoms with E-state index in [1.165, 1.54) is 13.3 Å². The maximum Gasteiger partial charge on any atom is 0.326 e. The number of aromatic nitrogens is 3. The second-order valence-corrected chi connectivity index (χ2v) is 14.5. The number of fused-ring (bicyclic) bond motifs is 1. The molecule has 318 valence electrons. The first-order valence-electron chi connectivity index (χ1n) is 19.9. The highest BCUT2D eigenvalue weighted by molar-refractivity contribution is 5.96. The number of nitrogens with zero attached hydrogens (tertiary/aromatic N) is 1. The lowest BCUT2D eigenvalue weighted by Gasteiger charge is -2.26. The van der Waals surface area contributed by atoms with Crippen LogP contribution in [0.5, 0.6) is 0 Å². The SMILES string of the molecule is C[C@H](NC(=O)[C@H](Cc1c[nH]c2ccccc12)NC(=O)[C@@H](N)Cc1ccccc1)C(=O)N[C@@H](Cc1c[nH]cn1)C(=O)N[C@@H](CCCCN)C(=O)N[C@@H](CCCCN)C(=O)O. The molecule has 0 aliphatic heterocycles. The number of benzene rings is 2. The van der Waals surface area contributed by atoms with Crippen LogP contribution in [0.4, 0.5) is 0 Å². The maximum absolute atomic E-state index is 13.9. The molecular weight excluding hydrogens is 759 g/mol. The van der Waals surface area contributed by atoms with E-state index in [-0.39, 0.29) is 32.1 Å². The Hall–Kier alpha value is -6.11. The van der Waals surface area contributed by atoms with Crippen LogP contribution in [0.25, 0.3) is 10.9 Å². The van der Waals surface area contributed by atoms with Gasteiger partial charge in [0.15, 0.2) is 0 Å². The lowest BCUT2D eigenvalue weighted by atomic mass is 10.0. The summed E-state index contributed by atoms with van der Waals surface area (Å²) in [6, 6.07) is 9.80. The molecule has 2 aromatic heterocycles. The zero-order chi connectivity index (χ0) is 42.7. The number of carboxylic acids is 1. The summed E-state index contributed by atoms with van der Waals surface area (Å²) in [6.07, 6.45) is 7.26. The molecule has 0 unspecified atom stereocenters. The van der Waals surface area contributed by atoms with E-state index < -0.39 is 71.8 Å². The van der Waals surface area contributed by atoms with Crippen molar-refractivity contribution in [3.8, 4) is 0 Å². The fraction of sp³-hybridized carbons (Fsp3) is 0.439. The smallest absolute Gasteiger partial charge is 0.326 e. The summed E-state index contributed by atoms with van der Waals surface area (Å²) in [5.74, 6) is -4.62. The second-order valence-electron chi connectivity index (χ2n) is 14.5. The number of H-pyrrole nitrogens is 2. The second kappa shape index (κ2) is 23.3. The summed E-state index contributed by atoms with van der Waals surface area (Å²) in [5, 5.41) is 23.9. The highest BCUT2D eigenvalue weighted by Crippen LogP contribution is 2.19. The molecule has 0 radical (unpaired) electrons. The summed E-state index contributed by atoms with van der Waals surface area (Å²) in [6.45, 7) is 2.14. The molecule has 0 aliphatic rings. The summed E-state index contributed by atoms with van der Waals surface area (Å²) >= 11 is 0. The van der Waals surface area contributed by atoms with Crippen LogP contribution in [0.2, 0.25) is 0 Å². The molecule has 5 amide bonds. The van der Waals surface area contributed by atoms with Gasteiger partial charge in [0.05, 0.1) is 18.1 Å². The van der Waals surface area contributed by atoms with E-state index in [2.05, 4.69) is 41.5 Å². The number of carbonyl (C=O) groups excluding carboxylic acids is 5. The van der Waals surface area contributed by atoms with Gasteiger partial charge < -0.3 is 58.9 Å². The molecule has 0 saturated carbocycles. The van der Waals surface area contributed by atoms with Crippen LogP contribution >= 0.6 is 0 Å². The van der Waals surface area contributed by atoms with E-state index in [1.54, 1.807) is 12.4 Å². The van der Waals surface area contributed by atoms with Crippen molar-refractivity contribution in [2.24, 2.45) is 17.2 Å². The molecule has 18 heteroatoms. The number of hydrogen-bond acceptors (Lipinski definition) is 10. The molecular formula is C41H57N11O7. The molecule has 0 spiro atoms. The van der Waals surface area contributed by atoms with Crippen molar-refractivity contribution < 1.29 is 33.9 Å². The summed E-state index contributed by atoms with van der Waals surface area (Å²) < 4.78 is 0. The zero-order valence-corrected chi connectivity index (χ0v) is 33.2. The number of carbonyl (C=O) groups is 6. The Bertz CT molecular complexity index is 1970. The number of aromatic amines is 2. The normalized spacial score (nSPS) is 14.2. The van der Waals surface area contributed by atoms with E-state index in [4.69, 9.17) is 17.2 Å². The molecule has 0 fully saturated rings. The van der Waals surface area contributed by atoms with Crippen LogP contribution in [-0.4, -0.2) is 105 Å². The van der Waals surface area contributed by atoms with Gasteiger partial charge in [-0.2, -0.15) is 0 Å². The Kier molecular flexibility index (Phi) is 18.0. The zero-order valence-electron chi connectivity index (χ0n) is 33.2. The van der Waals surface area contributed by atoms with Gasteiger partial charge in [0.1, 0.15) is 30.2 Å². The third kappa shape index (κ3) is 14.3. The Balaban J connectivity index is 1.49. The maximum atomic E-state index is 13.9. The van der Waals surface area contributed by atoms with Gasteiger partial charge in [0.2, 0.25) is 29.5 Å². The van der Waals surface area contributed by atoms with Gasteiger partial charge in [-0.1, -0.05) is 48.5 Å². The van der Waals surface area contributed by atoms with E-state index in [9.17, 15) is 33.9 Å². The van der Waals surface area contributed by atoms with Gasteiger partial charge in [-0.15, -0.1) is 0 Å². The van der Waals surface area contributed by atoms with Crippen molar-refractivity contribution in [1.29, 1.82) is 0 Å². The molecule has 18 nitrogen and oxygen atoms in total. The van der Waals surface area contributed by atoms with Gasteiger partial charge in [0, 0.05) is 36.1 Å². The predicted molar refractivity (Wildman–Crippen MR) is 221 cm³/mol. The highest BCUT2D eigenvalue weighted by Gasteiger charge is 2.32. The Morgan fingerprint density at radius 3 is 1.90 bits per heavy atom. The van der Waals surface area contributed by atoms with Crippen LogP contribution in [0.3, 0.4) is 0 Å². The van der Waals surface area contributed by atoms with Crippen molar-refractivity contribution in [2.45, 2.75) is 101 Å². The molecule has 0 aliphatic carbocycles. The molecule has 4 rings (SSSR count). The van der Waals surface area contributed by atoms with Crippen molar-refractivity contribution in [3.05, 3.63) is 90.1 Å². The number of nitrogens with one attached hydrogen (secondary N) is 7. The molecule has 4 aromatic rings. The fourth-order valence-corrected chi connectivity index (χ4v) is 6.52. The lowest BCUT2D eigenvalue weighted by molar-refractivity contribution is -0.142. The van der Waals surface area contributed by atoms with Crippen molar-refractivity contribution in [3.63, 3.8) is 0 Å². The summed E-state index contributed by atoms with van der Waals surface area (Å²) in [4.78, 5) is 90.5. The van der Waals surface area contributed by atoms with Gasteiger partial charge in [-0.25, -0.2) is 9.78 Å². The number of rotatable bonds is 25. The van der Waals surface area contributed by atoms with Gasteiger partial charge in [-0.3, -0.25) is 24.0 Å². The molecule has 14 N–H and O–H groups in total. The molecule has 0 saturated heterocycles. The number of hydrogen-bond donors (Lipinski definition) is 11. The van der Waals surface area contributed by atoms with E-state index in [0.717, 1.165) is 22.0 Å². The monoisotopic (exact) mass is 815 g/mol. The van der Waals surface area contributed by atoms with Crippen LogP contribution in [-0.2, 0) is 48.0 Å². The number of imidazole rings is 1.